The van der Waals surface area contributed by atoms with Crippen molar-refractivity contribution in [2.24, 2.45) is 5.92 Å². The van der Waals surface area contributed by atoms with E-state index in [2.05, 4.69) is 14.8 Å². The zero-order valence-corrected chi connectivity index (χ0v) is 13.8. The molecule has 0 N–H and O–H groups in total. The molecule has 1 aromatic heterocycles. The predicted molar refractivity (Wildman–Crippen MR) is 89.5 cm³/mol. The Balaban J connectivity index is 1.32. The Morgan fingerprint density at radius 2 is 2.04 bits per heavy atom. The van der Waals surface area contributed by atoms with Crippen LogP contribution in [-0.2, 0) is 0 Å². The maximum atomic E-state index is 12.5. The van der Waals surface area contributed by atoms with E-state index in [1.807, 2.05) is 41.6 Å². The number of thioether (sulfide) groups is 1. The van der Waals surface area contributed by atoms with Crippen LogP contribution in [0.1, 0.15) is 35.7 Å². The first kappa shape index (κ1) is 14.8. The van der Waals surface area contributed by atoms with Gasteiger partial charge in [0.05, 0.1) is 0 Å². The zero-order chi connectivity index (χ0) is 15.6. The number of carbonyl (C=O) groups is 1. The summed E-state index contributed by atoms with van der Waals surface area (Å²) in [5.41, 5.74) is 0.786. The fourth-order valence-corrected chi connectivity index (χ4v) is 4.15. The fraction of sp³-hybridized carbons (Fsp3) is 0.471. The second kappa shape index (κ2) is 6.35. The average molecular weight is 328 g/mol. The SMILES string of the molecule is O=C(c1ccccc1)N1CC[C@H](CSc2nncn2C2CC2)C1. The Labute approximate surface area is 140 Å². The summed E-state index contributed by atoms with van der Waals surface area (Å²) >= 11 is 1.78. The number of rotatable bonds is 5. The van der Waals surface area contributed by atoms with Gasteiger partial charge in [0, 0.05) is 30.4 Å². The molecular weight excluding hydrogens is 308 g/mol. The lowest BCUT2D eigenvalue weighted by Gasteiger charge is -2.16. The Morgan fingerprint density at radius 3 is 2.83 bits per heavy atom. The summed E-state index contributed by atoms with van der Waals surface area (Å²) in [6, 6.07) is 10.2. The Bertz CT molecular complexity index is 683. The van der Waals surface area contributed by atoms with E-state index in [0.29, 0.717) is 12.0 Å². The third-order valence-electron chi connectivity index (χ3n) is 4.52. The van der Waals surface area contributed by atoms with Gasteiger partial charge < -0.3 is 9.47 Å². The van der Waals surface area contributed by atoms with Gasteiger partial charge in [-0.15, -0.1) is 10.2 Å². The molecule has 0 spiro atoms. The summed E-state index contributed by atoms with van der Waals surface area (Å²) in [5.74, 6) is 1.69. The van der Waals surface area contributed by atoms with Gasteiger partial charge in [-0.05, 0) is 37.3 Å². The number of carbonyl (C=O) groups excluding carboxylic acids is 1. The van der Waals surface area contributed by atoms with Crippen molar-refractivity contribution < 1.29 is 4.79 Å². The van der Waals surface area contributed by atoms with E-state index in [1.165, 1.54) is 12.8 Å². The van der Waals surface area contributed by atoms with Crippen LogP contribution < -0.4 is 0 Å². The van der Waals surface area contributed by atoms with Gasteiger partial charge in [0.25, 0.3) is 5.91 Å². The summed E-state index contributed by atoms with van der Waals surface area (Å²) < 4.78 is 2.20. The second-order valence-corrected chi connectivity index (χ2v) is 7.32. The van der Waals surface area contributed by atoms with Crippen molar-refractivity contribution in [2.45, 2.75) is 30.5 Å². The minimum absolute atomic E-state index is 0.152. The lowest BCUT2D eigenvalue weighted by Crippen LogP contribution is -2.28. The summed E-state index contributed by atoms with van der Waals surface area (Å²) in [6.45, 7) is 1.70. The minimum Gasteiger partial charge on any atom is -0.338 e. The van der Waals surface area contributed by atoms with Crippen molar-refractivity contribution in [3.8, 4) is 0 Å². The van der Waals surface area contributed by atoms with Gasteiger partial charge in [0.15, 0.2) is 5.16 Å². The van der Waals surface area contributed by atoms with Crippen molar-refractivity contribution >= 4 is 17.7 Å². The van der Waals surface area contributed by atoms with Crippen LogP contribution in [0.4, 0.5) is 0 Å². The quantitative estimate of drug-likeness (QED) is 0.792. The number of nitrogens with zero attached hydrogens (tertiary/aromatic N) is 4. The highest BCUT2D eigenvalue weighted by Gasteiger charge is 2.29. The van der Waals surface area contributed by atoms with Crippen molar-refractivity contribution in [3.63, 3.8) is 0 Å². The molecule has 1 aromatic carbocycles. The van der Waals surface area contributed by atoms with Gasteiger partial charge in [0.1, 0.15) is 6.33 Å². The van der Waals surface area contributed by atoms with Crippen LogP contribution >= 0.6 is 11.8 Å². The number of benzene rings is 1. The Morgan fingerprint density at radius 1 is 1.22 bits per heavy atom. The Hall–Kier alpha value is -1.82. The second-order valence-electron chi connectivity index (χ2n) is 6.33. The number of aromatic nitrogens is 3. The molecule has 0 unspecified atom stereocenters. The molecule has 0 radical (unpaired) electrons. The number of amides is 1. The first-order valence-electron chi connectivity index (χ1n) is 8.18. The van der Waals surface area contributed by atoms with Gasteiger partial charge in [-0.1, -0.05) is 30.0 Å². The molecule has 2 aromatic rings. The molecule has 2 fully saturated rings. The molecular formula is C17H20N4OS. The molecule has 2 heterocycles. The molecule has 6 heteroatoms. The van der Waals surface area contributed by atoms with Crippen molar-refractivity contribution in [1.82, 2.24) is 19.7 Å². The van der Waals surface area contributed by atoms with Crippen molar-refractivity contribution in [3.05, 3.63) is 42.2 Å². The first-order chi connectivity index (χ1) is 11.3. The van der Waals surface area contributed by atoms with Crippen LogP contribution in [0.25, 0.3) is 0 Å². The van der Waals surface area contributed by atoms with E-state index in [9.17, 15) is 4.79 Å². The highest BCUT2D eigenvalue weighted by atomic mass is 32.2. The maximum absolute atomic E-state index is 12.5. The third-order valence-corrected chi connectivity index (χ3v) is 5.71. The van der Waals surface area contributed by atoms with Crippen LogP contribution in [0.3, 0.4) is 0 Å². The highest BCUT2D eigenvalue weighted by molar-refractivity contribution is 7.99. The van der Waals surface area contributed by atoms with E-state index in [1.54, 1.807) is 11.8 Å². The third kappa shape index (κ3) is 3.27. The topological polar surface area (TPSA) is 51.0 Å². The molecule has 1 atom stereocenters. The molecule has 1 saturated carbocycles. The number of likely N-dealkylation sites (tertiary alicyclic amines) is 1. The highest BCUT2D eigenvalue weighted by Crippen LogP contribution is 2.37. The summed E-state index contributed by atoms with van der Waals surface area (Å²) in [7, 11) is 0. The van der Waals surface area contributed by atoms with Crippen LogP contribution in [0.5, 0.6) is 0 Å². The lowest BCUT2D eigenvalue weighted by molar-refractivity contribution is 0.0788. The van der Waals surface area contributed by atoms with Gasteiger partial charge in [-0.3, -0.25) is 4.79 Å². The van der Waals surface area contributed by atoms with Crippen molar-refractivity contribution in [1.29, 1.82) is 0 Å². The van der Waals surface area contributed by atoms with Crippen LogP contribution in [-0.4, -0.2) is 44.4 Å². The summed E-state index contributed by atoms with van der Waals surface area (Å²) in [5, 5.41) is 9.30. The monoisotopic (exact) mass is 328 g/mol. The lowest BCUT2D eigenvalue weighted by atomic mass is 10.1. The van der Waals surface area contributed by atoms with Crippen molar-refractivity contribution in [2.75, 3.05) is 18.8 Å². The predicted octanol–water partition coefficient (Wildman–Crippen LogP) is 2.87. The summed E-state index contributed by atoms with van der Waals surface area (Å²) in [6.07, 6.45) is 5.41. The fourth-order valence-electron chi connectivity index (χ4n) is 3.05. The smallest absolute Gasteiger partial charge is 0.253 e. The minimum atomic E-state index is 0.152. The molecule has 1 aliphatic carbocycles. The van der Waals surface area contributed by atoms with Crippen LogP contribution in [0.15, 0.2) is 41.8 Å². The molecule has 1 amide bonds. The van der Waals surface area contributed by atoms with Crippen LogP contribution in [0, 0.1) is 5.92 Å². The van der Waals surface area contributed by atoms with Gasteiger partial charge in [-0.2, -0.15) is 0 Å². The molecule has 23 heavy (non-hydrogen) atoms. The van der Waals surface area contributed by atoms with E-state index >= 15 is 0 Å². The molecule has 0 bridgehead atoms. The van der Waals surface area contributed by atoms with E-state index in [0.717, 1.165) is 36.0 Å². The molecule has 1 saturated heterocycles. The van der Waals surface area contributed by atoms with Crippen LogP contribution in [0.2, 0.25) is 0 Å². The standard InChI is InChI=1S/C17H20N4OS/c22-16(14-4-2-1-3-5-14)20-9-8-13(10-20)11-23-17-19-18-12-21(17)15-6-7-15/h1-5,12-13,15H,6-11H2/t13-/m0/s1. The van der Waals surface area contributed by atoms with E-state index in [-0.39, 0.29) is 5.91 Å². The Kier molecular flexibility index (Phi) is 4.08. The van der Waals surface area contributed by atoms with E-state index < -0.39 is 0 Å². The maximum Gasteiger partial charge on any atom is 0.253 e. The largest absolute Gasteiger partial charge is 0.338 e. The molecule has 2 aliphatic rings. The number of hydrogen-bond acceptors (Lipinski definition) is 4. The van der Waals surface area contributed by atoms with Gasteiger partial charge in [-0.25, -0.2) is 0 Å². The average Bonchev–Trinajstić information content (AvgIpc) is 3.14. The molecule has 4 rings (SSSR count). The molecule has 120 valence electrons. The normalized spacial score (nSPS) is 20.9. The summed E-state index contributed by atoms with van der Waals surface area (Å²) in [4.78, 5) is 14.4. The van der Waals surface area contributed by atoms with Gasteiger partial charge in [0.2, 0.25) is 0 Å². The first-order valence-corrected chi connectivity index (χ1v) is 9.16. The molecule has 1 aliphatic heterocycles. The number of hydrogen-bond donors (Lipinski definition) is 0. The molecule has 5 nitrogen and oxygen atoms in total. The van der Waals surface area contributed by atoms with E-state index in [4.69, 9.17) is 0 Å². The zero-order valence-electron chi connectivity index (χ0n) is 13.0. The van der Waals surface area contributed by atoms with Gasteiger partial charge >= 0.3 is 0 Å².